The van der Waals surface area contributed by atoms with Gasteiger partial charge in [0.2, 0.25) is 0 Å². The number of benzene rings is 1. The summed E-state index contributed by atoms with van der Waals surface area (Å²) in [5, 5.41) is 18.3. The molecule has 6 nitrogen and oxygen atoms in total. The summed E-state index contributed by atoms with van der Waals surface area (Å²) >= 11 is 0. The molecule has 0 spiro atoms. The Bertz CT molecular complexity index is 553. The van der Waals surface area contributed by atoms with E-state index in [9.17, 15) is 10.1 Å². The molecule has 2 aromatic rings. The fourth-order valence-electron chi connectivity index (χ4n) is 1.36. The molecule has 2 rings (SSSR count). The van der Waals surface area contributed by atoms with E-state index in [1.165, 1.54) is 0 Å². The van der Waals surface area contributed by atoms with Crippen molar-refractivity contribution < 1.29 is 4.92 Å². The lowest BCUT2D eigenvalue weighted by molar-refractivity contribution is -0.389. The smallest absolute Gasteiger partial charge is 0.391 e. The highest BCUT2D eigenvalue weighted by atomic mass is 16.6. The third-order valence-electron chi connectivity index (χ3n) is 2.11. The van der Waals surface area contributed by atoms with Crippen LogP contribution in [0.5, 0.6) is 0 Å². The molecule has 1 aromatic carbocycles. The van der Waals surface area contributed by atoms with Gasteiger partial charge in [-0.15, -0.1) is 0 Å². The van der Waals surface area contributed by atoms with Crippen molar-refractivity contribution in [1.82, 2.24) is 10.2 Å². The molecular weight excluding hydrogens is 196 g/mol. The summed E-state index contributed by atoms with van der Waals surface area (Å²) in [6.07, 6.45) is 0. The molecule has 0 aliphatic carbocycles. The number of aromatic nitrogens is 2. The Morgan fingerprint density at radius 2 is 2.13 bits per heavy atom. The maximum absolute atomic E-state index is 10.6. The van der Waals surface area contributed by atoms with Crippen LogP contribution in [0.2, 0.25) is 0 Å². The van der Waals surface area contributed by atoms with Crippen molar-refractivity contribution in [1.29, 1.82) is 0 Å². The molecule has 76 valence electrons. The second-order valence-electron chi connectivity index (χ2n) is 3.21. The summed E-state index contributed by atoms with van der Waals surface area (Å²) in [7, 11) is 0. The van der Waals surface area contributed by atoms with Gasteiger partial charge in [0, 0.05) is 5.39 Å². The standard InChI is InChI=1S/C9H8N4O2/c1-5-2-3-7-6(4-5)8(10)9(12-11-7)13(14)15/h2-4H,1H3,(H2,10,11). The number of hydrogen-bond donors (Lipinski definition) is 1. The van der Waals surface area contributed by atoms with Crippen LogP contribution in [0.25, 0.3) is 10.9 Å². The normalized spacial score (nSPS) is 10.5. The lowest BCUT2D eigenvalue weighted by Crippen LogP contribution is -2.01. The van der Waals surface area contributed by atoms with Crippen molar-refractivity contribution in [3.8, 4) is 0 Å². The van der Waals surface area contributed by atoms with Gasteiger partial charge in [0.1, 0.15) is 11.2 Å². The minimum atomic E-state index is -0.635. The quantitative estimate of drug-likeness (QED) is 0.560. The van der Waals surface area contributed by atoms with Crippen molar-refractivity contribution >= 4 is 22.4 Å². The molecule has 0 aliphatic heterocycles. The number of nitrogen functional groups attached to an aromatic ring is 1. The molecule has 0 saturated carbocycles. The van der Waals surface area contributed by atoms with Gasteiger partial charge in [0.05, 0.1) is 5.10 Å². The van der Waals surface area contributed by atoms with E-state index in [0.717, 1.165) is 5.56 Å². The second-order valence-corrected chi connectivity index (χ2v) is 3.21. The molecule has 6 heteroatoms. The van der Waals surface area contributed by atoms with E-state index in [1.807, 2.05) is 13.0 Å². The van der Waals surface area contributed by atoms with Crippen LogP contribution in [0.4, 0.5) is 11.5 Å². The minimum Gasteiger partial charge on any atom is -0.391 e. The third-order valence-corrected chi connectivity index (χ3v) is 2.11. The summed E-state index contributed by atoms with van der Waals surface area (Å²) in [5.41, 5.74) is 7.24. The Balaban J connectivity index is 2.82. The van der Waals surface area contributed by atoms with Crippen molar-refractivity contribution in [3.63, 3.8) is 0 Å². The zero-order chi connectivity index (χ0) is 11.0. The molecular formula is C9H8N4O2. The number of anilines is 1. The first-order valence-corrected chi connectivity index (χ1v) is 4.26. The highest BCUT2D eigenvalue weighted by molar-refractivity contribution is 5.93. The zero-order valence-corrected chi connectivity index (χ0v) is 7.97. The van der Waals surface area contributed by atoms with Crippen molar-refractivity contribution in [2.24, 2.45) is 0 Å². The fraction of sp³-hybridized carbons (Fsp3) is 0.111. The SMILES string of the molecule is Cc1ccc2nnc([N+](=O)[O-])c(N)c2c1. The van der Waals surface area contributed by atoms with Crippen LogP contribution >= 0.6 is 0 Å². The van der Waals surface area contributed by atoms with E-state index < -0.39 is 10.7 Å². The Labute approximate surface area is 84.9 Å². The van der Waals surface area contributed by atoms with Crippen LogP contribution in [0, 0.1) is 17.0 Å². The Kier molecular flexibility index (Phi) is 1.96. The number of rotatable bonds is 1. The molecule has 0 aliphatic rings. The molecule has 0 fully saturated rings. The highest BCUT2D eigenvalue weighted by Gasteiger charge is 2.17. The van der Waals surface area contributed by atoms with Gasteiger partial charge in [-0.25, -0.2) is 0 Å². The molecule has 15 heavy (non-hydrogen) atoms. The number of fused-ring (bicyclic) bond motifs is 1. The van der Waals surface area contributed by atoms with Crippen LogP contribution in [0.1, 0.15) is 5.56 Å². The van der Waals surface area contributed by atoms with E-state index in [4.69, 9.17) is 5.73 Å². The van der Waals surface area contributed by atoms with Crippen LogP contribution in [0.3, 0.4) is 0 Å². The highest BCUT2D eigenvalue weighted by Crippen LogP contribution is 2.26. The summed E-state index contributed by atoms with van der Waals surface area (Å²) in [4.78, 5) is 9.94. The summed E-state index contributed by atoms with van der Waals surface area (Å²) < 4.78 is 0. The largest absolute Gasteiger partial charge is 0.414 e. The molecule has 0 atom stereocenters. The minimum absolute atomic E-state index is 0.0636. The molecule has 2 N–H and O–H groups in total. The third kappa shape index (κ3) is 1.45. The summed E-state index contributed by atoms with van der Waals surface area (Å²) in [6.45, 7) is 1.88. The van der Waals surface area contributed by atoms with Crippen molar-refractivity contribution in [3.05, 3.63) is 33.9 Å². The monoisotopic (exact) mass is 204 g/mol. The Hall–Kier alpha value is -2.24. The molecule has 0 unspecified atom stereocenters. The topological polar surface area (TPSA) is 94.9 Å². The average Bonchev–Trinajstić information content (AvgIpc) is 2.19. The van der Waals surface area contributed by atoms with Gasteiger partial charge in [0.25, 0.3) is 0 Å². The number of nitro groups is 1. The molecule has 0 radical (unpaired) electrons. The van der Waals surface area contributed by atoms with Crippen LogP contribution < -0.4 is 5.73 Å². The van der Waals surface area contributed by atoms with Crippen LogP contribution in [-0.2, 0) is 0 Å². The van der Waals surface area contributed by atoms with E-state index in [-0.39, 0.29) is 5.69 Å². The molecule has 0 saturated heterocycles. The van der Waals surface area contributed by atoms with Gasteiger partial charge in [-0.2, -0.15) is 0 Å². The van der Waals surface area contributed by atoms with Gasteiger partial charge < -0.3 is 15.8 Å². The van der Waals surface area contributed by atoms with E-state index in [1.54, 1.807) is 12.1 Å². The number of nitrogens with two attached hydrogens (primary N) is 1. The van der Waals surface area contributed by atoms with Crippen LogP contribution in [0.15, 0.2) is 18.2 Å². The van der Waals surface area contributed by atoms with Gasteiger partial charge >= 0.3 is 5.82 Å². The van der Waals surface area contributed by atoms with Crippen molar-refractivity contribution in [2.75, 3.05) is 5.73 Å². The predicted molar refractivity (Wildman–Crippen MR) is 55.3 cm³/mol. The maximum Gasteiger partial charge on any atom is 0.414 e. The van der Waals surface area contributed by atoms with E-state index in [2.05, 4.69) is 10.2 Å². The maximum atomic E-state index is 10.6. The zero-order valence-electron chi connectivity index (χ0n) is 7.97. The first-order chi connectivity index (χ1) is 7.09. The predicted octanol–water partition coefficient (Wildman–Crippen LogP) is 1.43. The molecule has 0 amide bonds. The van der Waals surface area contributed by atoms with Crippen molar-refractivity contribution in [2.45, 2.75) is 6.92 Å². The average molecular weight is 204 g/mol. The summed E-state index contributed by atoms with van der Waals surface area (Å²) in [6, 6.07) is 5.34. The lowest BCUT2D eigenvalue weighted by Gasteiger charge is -2.00. The van der Waals surface area contributed by atoms with Gasteiger partial charge in [-0.05, 0) is 29.1 Å². The number of hydrogen-bond acceptors (Lipinski definition) is 5. The Morgan fingerprint density at radius 3 is 2.80 bits per heavy atom. The van der Waals surface area contributed by atoms with Crippen LogP contribution in [-0.4, -0.2) is 15.1 Å². The van der Waals surface area contributed by atoms with Gasteiger partial charge in [0.15, 0.2) is 0 Å². The first kappa shape index (κ1) is 9.32. The van der Waals surface area contributed by atoms with Gasteiger partial charge in [-0.3, -0.25) is 0 Å². The number of aryl methyl sites for hydroxylation is 1. The lowest BCUT2D eigenvalue weighted by atomic mass is 10.1. The number of nitrogens with zero attached hydrogens (tertiary/aromatic N) is 3. The second kappa shape index (κ2) is 3.16. The summed E-state index contributed by atoms with van der Waals surface area (Å²) in [5.74, 6) is -0.395. The fourth-order valence-corrected chi connectivity index (χ4v) is 1.36. The van der Waals surface area contributed by atoms with E-state index in [0.29, 0.717) is 10.9 Å². The molecule has 1 heterocycles. The molecule has 0 bridgehead atoms. The van der Waals surface area contributed by atoms with Gasteiger partial charge in [-0.1, -0.05) is 11.6 Å². The van der Waals surface area contributed by atoms with E-state index >= 15 is 0 Å². The first-order valence-electron chi connectivity index (χ1n) is 4.26. The Morgan fingerprint density at radius 1 is 1.40 bits per heavy atom. The molecule has 1 aromatic heterocycles.